The molecule has 1 saturated heterocycles. The van der Waals surface area contributed by atoms with Gasteiger partial charge in [0, 0.05) is 25.2 Å². The monoisotopic (exact) mass is 334 g/mol. The maximum atomic E-state index is 12.1. The van der Waals surface area contributed by atoms with Gasteiger partial charge in [0.05, 0.1) is 19.1 Å². The summed E-state index contributed by atoms with van der Waals surface area (Å²) < 4.78 is 5.86. The van der Waals surface area contributed by atoms with Crippen molar-refractivity contribution in [3.63, 3.8) is 0 Å². The maximum Gasteiger partial charge on any atom is 0.237 e. The molecule has 7 nitrogen and oxygen atoms in total. The lowest BCUT2D eigenvalue weighted by Gasteiger charge is -2.34. The number of hydrogen-bond donors (Lipinski definition) is 3. The summed E-state index contributed by atoms with van der Waals surface area (Å²) in [6.07, 6.45) is 2.12. The predicted molar refractivity (Wildman–Crippen MR) is 91.0 cm³/mol. The molecule has 0 saturated carbocycles. The molecule has 0 radical (unpaired) electrons. The van der Waals surface area contributed by atoms with Crippen LogP contribution in [0, 0.1) is 0 Å². The molecule has 0 aliphatic carbocycles. The third-order valence-electron chi connectivity index (χ3n) is 4.08. The number of ether oxygens (including phenoxy) is 1. The summed E-state index contributed by atoms with van der Waals surface area (Å²) in [7, 11) is 0. The molecular weight excluding hydrogens is 308 g/mol. The fourth-order valence-electron chi connectivity index (χ4n) is 2.73. The Kier molecular flexibility index (Phi) is 7.02. The summed E-state index contributed by atoms with van der Waals surface area (Å²) >= 11 is 0. The van der Waals surface area contributed by atoms with Crippen molar-refractivity contribution in [3.05, 3.63) is 29.8 Å². The smallest absolute Gasteiger partial charge is 0.237 e. The average molecular weight is 334 g/mol. The highest BCUT2D eigenvalue weighted by Crippen LogP contribution is 2.22. The summed E-state index contributed by atoms with van der Waals surface area (Å²) in [5.41, 5.74) is 3.11. The van der Waals surface area contributed by atoms with Gasteiger partial charge in [0.2, 0.25) is 11.8 Å². The summed E-state index contributed by atoms with van der Waals surface area (Å²) in [6, 6.07) is 7.30. The number of unbranched alkanes of at least 4 members (excludes halogenated alkanes) is 1. The van der Waals surface area contributed by atoms with Crippen molar-refractivity contribution >= 4 is 11.8 Å². The van der Waals surface area contributed by atoms with E-state index in [-0.39, 0.29) is 18.2 Å². The largest absolute Gasteiger partial charge is 0.493 e. The molecule has 1 aliphatic rings. The first-order valence-corrected chi connectivity index (χ1v) is 8.37. The molecule has 24 heavy (non-hydrogen) atoms. The molecule has 0 spiro atoms. The number of amides is 2. The van der Waals surface area contributed by atoms with Crippen molar-refractivity contribution in [2.24, 2.45) is 5.84 Å². The van der Waals surface area contributed by atoms with Crippen molar-refractivity contribution in [2.45, 2.75) is 38.8 Å². The summed E-state index contributed by atoms with van der Waals surface area (Å²) in [5.74, 6) is 5.49. The Bertz CT molecular complexity index is 565. The Morgan fingerprint density at radius 1 is 1.46 bits per heavy atom. The van der Waals surface area contributed by atoms with Crippen LogP contribution >= 0.6 is 0 Å². The van der Waals surface area contributed by atoms with Gasteiger partial charge in [-0.1, -0.05) is 31.5 Å². The molecular formula is C17H26N4O3. The van der Waals surface area contributed by atoms with Crippen LogP contribution in [0.1, 0.15) is 31.7 Å². The zero-order chi connectivity index (χ0) is 17.4. The van der Waals surface area contributed by atoms with Gasteiger partial charge >= 0.3 is 0 Å². The van der Waals surface area contributed by atoms with E-state index in [9.17, 15) is 9.59 Å². The van der Waals surface area contributed by atoms with Crippen molar-refractivity contribution in [3.8, 4) is 5.75 Å². The molecule has 1 fully saturated rings. The lowest BCUT2D eigenvalue weighted by Crippen LogP contribution is -2.56. The molecule has 1 aromatic rings. The van der Waals surface area contributed by atoms with E-state index in [1.54, 1.807) is 0 Å². The topological polar surface area (TPSA) is 96.7 Å². The second-order valence-corrected chi connectivity index (χ2v) is 5.86. The van der Waals surface area contributed by atoms with E-state index in [0.29, 0.717) is 26.2 Å². The second kappa shape index (κ2) is 9.24. The van der Waals surface area contributed by atoms with Gasteiger partial charge in [-0.2, -0.15) is 0 Å². The second-order valence-electron chi connectivity index (χ2n) is 5.86. The van der Waals surface area contributed by atoms with Crippen molar-refractivity contribution in [2.75, 3.05) is 19.7 Å². The Hall–Kier alpha value is -2.12. The number of nitrogens with two attached hydrogens (primary N) is 1. The van der Waals surface area contributed by atoms with Crippen LogP contribution in [0.25, 0.3) is 0 Å². The Morgan fingerprint density at radius 2 is 2.25 bits per heavy atom. The van der Waals surface area contributed by atoms with Gasteiger partial charge in [-0.25, -0.2) is 5.84 Å². The van der Waals surface area contributed by atoms with Crippen molar-refractivity contribution in [1.29, 1.82) is 0 Å². The zero-order valence-electron chi connectivity index (χ0n) is 14.1. The van der Waals surface area contributed by atoms with Crippen LogP contribution in [0.15, 0.2) is 24.3 Å². The molecule has 1 atom stereocenters. The van der Waals surface area contributed by atoms with Gasteiger partial charge in [0.15, 0.2) is 0 Å². The number of hydrazine groups is 1. The van der Waals surface area contributed by atoms with Crippen LogP contribution < -0.4 is 21.3 Å². The van der Waals surface area contributed by atoms with Gasteiger partial charge in [-0.05, 0) is 12.5 Å². The molecule has 1 aliphatic heterocycles. The fourth-order valence-corrected chi connectivity index (χ4v) is 2.73. The van der Waals surface area contributed by atoms with E-state index in [1.165, 1.54) is 0 Å². The highest BCUT2D eigenvalue weighted by Gasteiger charge is 2.31. The van der Waals surface area contributed by atoms with E-state index >= 15 is 0 Å². The number of nitrogens with one attached hydrogen (secondary N) is 2. The molecule has 1 aromatic carbocycles. The standard InChI is InChI=1S/C17H26N4O3/c1-2-3-10-24-15-7-5-4-6-13(15)12-21-9-8-19-17(23)14(21)11-16(22)20-18/h4-7,14H,2-3,8-12,18H2,1H3,(H,19,23)(H,20,22). The molecule has 2 rings (SSSR count). The first-order valence-electron chi connectivity index (χ1n) is 8.37. The molecule has 7 heteroatoms. The molecule has 4 N–H and O–H groups in total. The molecule has 0 bridgehead atoms. The Balaban J connectivity index is 2.09. The van der Waals surface area contributed by atoms with Crippen LogP contribution in [0.5, 0.6) is 5.75 Å². The quantitative estimate of drug-likeness (QED) is 0.279. The molecule has 2 amide bonds. The zero-order valence-corrected chi connectivity index (χ0v) is 14.1. The highest BCUT2D eigenvalue weighted by atomic mass is 16.5. The minimum absolute atomic E-state index is 0.0428. The van der Waals surface area contributed by atoms with E-state index in [0.717, 1.165) is 24.2 Å². The number of piperazine rings is 1. The fraction of sp³-hybridized carbons (Fsp3) is 0.529. The maximum absolute atomic E-state index is 12.1. The third kappa shape index (κ3) is 4.94. The van der Waals surface area contributed by atoms with E-state index in [4.69, 9.17) is 10.6 Å². The Labute approximate surface area is 142 Å². The van der Waals surface area contributed by atoms with E-state index in [2.05, 4.69) is 17.7 Å². The van der Waals surface area contributed by atoms with Crippen molar-refractivity contribution in [1.82, 2.24) is 15.6 Å². The first kappa shape index (κ1) is 18.2. The minimum atomic E-state index is -0.522. The van der Waals surface area contributed by atoms with Crippen LogP contribution in [-0.4, -0.2) is 42.5 Å². The lowest BCUT2D eigenvalue weighted by atomic mass is 10.1. The Morgan fingerprint density at radius 3 is 3.00 bits per heavy atom. The molecule has 1 unspecified atom stereocenters. The highest BCUT2D eigenvalue weighted by molar-refractivity contribution is 5.88. The van der Waals surface area contributed by atoms with Crippen LogP contribution in [-0.2, 0) is 16.1 Å². The van der Waals surface area contributed by atoms with Crippen molar-refractivity contribution < 1.29 is 14.3 Å². The summed E-state index contributed by atoms with van der Waals surface area (Å²) in [4.78, 5) is 25.7. The average Bonchev–Trinajstić information content (AvgIpc) is 2.59. The minimum Gasteiger partial charge on any atom is -0.493 e. The molecule has 0 aromatic heterocycles. The summed E-state index contributed by atoms with van der Waals surface area (Å²) in [6.45, 7) is 4.59. The van der Waals surface area contributed by atoms with Crippen LogP contribution in [0.3, 0.4) is 0 Å². The summed E-state index contributed by atoms with van der Waals surface area (Å²) in [5, 5.41) is 2.80. The molecule has 1 heterocycles. The van der Waals surface area contributed by atoms with Gasteiger partial charge in [-0.3, -0.25) is 19.9 Å². The van der Waals surface area contributed by atoms with Gasteiger partial charge < -0.3 is 10.1 Å². The number of hydrogen-bond acceptors (Lipinski definition) is 5. The number of carbonyl (C=O) groups excluding carboxylic acids is 2. The van der Waals surface area contributed by atoms with Crippen LogP contribution in [0.2, 0.25) is 0 Å². The molecule has 132 valence electrons. The number of nitrogens with zero attached hydrogens (tertiary/aromatic N) is 1. The number of benzene rings is 1. The normalized spacial score (nSPS) is 18.1. The predicted octanol–water partition coefficient (Wildman–Crippen LogP) is 0.546. The van der Waals surface area contributed by atoms with Gasteiger partial charge in [-0.15, -0.1) is 0 Å². The van der Waals surface area contributed by atoms with Gasteiger partial charge in [0.25, 0.3) is 0 Å². The van der Waals surface area contributed by atoms with E-state index < -0.39 is 6.04 Å². The SMILES string of the molecule is CCCCOc1ccccc1CN1CCNC(=O)C1CC(=O)NN. The number of carbonyl (C=O) groups is 2. The van der Waals surface area contributed by atoms with E-state index in [1.807, 2.05) is 29.2 Å². The number of rotatable bonds is 8. The lowest BCUT2D eigenvalue weighted by molar-refractivity contribution is -0.134. The number of para-hydroxylation sites is 1. The van der Waals surface area contributed by atoms with Crippen LogP contribution in [0.4, 0.5) is 0 Å². The first-order chi connectivity index (χ1) is 11.7. The van der Waals surface area contributed by atoms with Gasteiger partial charge in [0.1, 0.15) is 5.75 Å². The third-order valence-corrected chi connectivity index (χ3v) is 4.08.